The molecule has 1 saturated heterocycles. The van der Waals surface area contributed by atoms with Gasteiger partial charge in [-0.25, -0.2) is 8.42 Å². The summed E-state index contributed by atoms with van der Waals surface area (Å²) in [5.74, 6) is 1.81. The van der Waals surface area contributed by atoms with Crippen molar-refractivity contribution >= 4 is 10.0 Å². The second-order valence-electron chi connectivity index (χ2n) is 6.19. The van der Waals surface area contributed by atoms with Crippen LogP contribution in [0, 0.1) is 0 Å². The molecule has 0 bridgehead atoms. The summed E-state index contributed by atoms with van der Waals surface area (Å²) in [5.41, 5.74) is 0. The van der Waals surface area contributed by atoms with Gasteiger partial charge in [-0.3, -0.25) is 0 Å². The van der Waals surface area contributed by atoms with Crippen LogP contribution >= 0.6 is 0 Å². The van der Waals surface area contributed by atoms with Gasteiger partial charge in [0, 0.05) is 12.5 Å². The molecule has 1 aromatic carbocycles. The van der Waals surface area contributed by atoms with Gasteiger partial charge in [0.25, 0.3) is 0 Å². The van der Waals surface area contributed by atoms with E-state index in [-0.39, 0.29) is 4.90 Å². The van der Waals surface area contributed by atoms with Gasteiger partial charge in [0.1, 0.15) is 16.7 Å². The van der Waals surface area contributed by atoms with Crippen LogP contribution < -0.4 is 4.74 Å². The first-order chi connectivity index (χ1) is 11.6. The van der Waals surface area contributed by atoms with Gasteiger partial charge >= 0.3 is 0 Å². The van der Waals surface area contributed by atoms with Crippen LogP contribution in [0.2, 0.25) is 0 Å². The van der Waals surface area contributed by atoms with Crippen LogP contribution in [-0.2, 0) is 10.0 Å². The van der Waals surface area contributed by atoms with Gasteiger partial charge in [-0.15, -0.1) is 0 Å². The summed E-state index contributed by atoms with van der Waals surface area (Å²) >= 11 is 0. The molecular formula is C16H19N3O4S. The van der Waals surface area contributed by atoms with Crippen LogP contribution in [0.1, 0.15) is 49.4 Å². The number of aromatic nitrogens is 2. The van der Waals surface area contributed by atoms with E-state index in [0.29, 0.717) is 36.3 Å². The zero-order valence-corrected chi connectivity index (χ0v) is 14.2. The number of para-hydroxylation sites is 1. The fourth-order valence-corrected chi connectivity index (χ4v) is 4.93. The lowest BCUT2D eigenvalue weighted by molar-refractivity contribution is 0.288. The van der Waals surface area contributed by atoms with E-state index >= 15 is 0 Å². The highest BCUT2D eigenvalue weighted by Gasteiger charge is 2.41. The predicted octanol–water partition coefficient (Wildman–Crippen LogP) is 2.48. The van der Waals surface area contributed by atoms with Crippen LogP contribution in [0.4, 0.5) is 0 Å². The van der Waals surface area contributed by atoms with Gasteiger partial charge in [-0.1, -0.05) is 17.3 Å². The second kappa shape index (κ2) is 5.86. The Morgan fingerprint density at radius 2 is 2.04 bits per heavy atom. The Morgan fingerprint density at radius 1 is 1.25 bits per heavy atom. The average Bonchev–Trinajstić information content (AvgIpc) is 3.13. The predicted molar refractivity (Wildman–Crippen MR) is 85.1 cm³/mol. The molecule has 2 fully saturated rings. The van der Waals surface area contributed by atoms with Crippen LogP contribution in [0.3, 0.4) is 0 Å². The van der Waals surface area contributed by atoms with Crippen molar-refractivity contribution in [2.45, 2.75) is 42.5 Å². The van der Waals surface area contributed by atoms with Gasteiger partial charge in [0.15, 0.2) is 5.82 Å². The Labute approximate surface area is 140 Å². The van der Waals surface area contributed by atoms with Crippen molar-refractivity contribution in [3.8, 4) is 5.75 Å². The smallest absolute Gasteiger partial charge is 0.247 e. The van der Waals surface area contributed by atoms with E-state index in [1.165, 1.54) is 11.4 Å². The average molecular weight is 349 g/mol. The zero-order chi connectivity index (χ0) is 16.7. The first kappa shape index (κ1) is 15.6. The molecule has 0 N–H and O–H groups in total. The van der Waals surface area contributed by atoms with Gasteiger partial charge in [-0.2, -0.15) is 9.29 Å². The first-order valence-corrected chi connectivity index (χ1v) is 9.53. The minimum atomic E-state index is -3.69. The van der Waals surface area contributed by atoms with Crippen LogP contribution in [0.15, 0.2) is 33.7 Å². The summed E-state index contributed by atoms with van der Waals surface area (Å²) in [7, 11) is -2.23. The number of ether oxygens (including phenoxy) is 1. The van der Waals surface area contributed by atoms with Crippen LogP contribution in [-0.4, -0.2) is 36.5 Å². The molecule has 1 aliphatic carbocycles. The summed E-state index contributed by atoms with van der Waals surface area (Å²) in [6.07, 6.45) is 3.60. The highest BCUT2D eigenvalue weighted by atomic mass is 32.2. The van der Waals surface area contributed by atoms with E-state index in [2.05, 4.69) is 10.1 Å². The SMILES string of the molecule is COc1ccccc1S(=O)(=O)N1CCCC1c1nc(C2CC2)no1. The maximum atomic E-state index is 13.1. The highest BCUT2D eigenvalue weighted by molar-refractivity contribution is 7.89. The van der Waals surface area contributed by atoms with Crippen molar-refractivity contribution in [3.63, 3.8) is 0 Å². The first-order valence-electron chi connectivity index (χ1n) is 8.09. The van der Waals surface area contributed by atoms with Crippen LogP contribution in [0.5, 0.6) is 5.75 Å². The molecule has 1 aromatic heterocycles. The minimum absolute atomic E-state index is 0.168. The molecule has 0 amide bonds. The van der Waals surface area contributed by atoms with Gasteiger partial charge in [0.2, 0.25) is 15.9 Å². The quantitative estimate of drug-likeness (QED) is 0.824. The third-order valence-corrected chi connectivity index (χ3v) is 6.49. The van der Waals surface area contributed by atoms with Gasteiger partial charge in [0.05, 0.1) is 7.11 Å². The van der Waals surface area contributed by atoms with Crippen LogP contribution in [0.25, 0.3) is 0 Å². The summed E-state index contributed by atoms with van der Waals surface area (Å²) < 4.78 is 38.3. The van der Waals surface area contributed by atoms with Crippen molar-refractivity contribution in [2.24, 2.45) is 0 Å². The Bertz CT molecular complexity index is 845. The van der Waals surface area contributed by atoms with Gasteiger partial charge in [-0.05, 0) is 37.8 Å². The summed E-state index contributed by atoms with van der Waals surface area (Å²) in [6.45, 7) is 0.437. The second-order valence-corrected chi connectivity index (χ2v) is 8.05. The number of sulfonamides is 1. The standard InChI is InChI=1S/C16H19N3O4S/c1-22-13-6-2-3-7-14(13)24(20,21)19-10-4-5-12(19)16-17-15(18-23-16)11-8-9-11/h2-3,6-7,11-12H,4-5,8-10H2,1H3. The lowest BCUT2D eigenvalue weighted by Crippen LogP contribution is -2.31. The summed E-state index contributed by atoms with van der Waals surface area (Å²) in [6, 6.07) is 6.25. The summed E-state index contributed by atoms with van der Waals surface area (Å²) in [5, 5.41) is 4.01. The highest BCUT2D eigenvalue weighted by Crippen LogP contribution is 2.41. The van der Waals surface area contributed by atoms with Crippen molar-refractivity contribution in [3.05, 3.63) is 36.0 Å². The Morgan fingerprint density at radius 3 is 2.79 bits per heavy atom. The van der Waals surface area contributed by atoms with E-state index in [0.717, 1.165) is 19.3 Å². The Hall–Kier alpha value is -1.93. The lowest BCUT2D eigenvalue weighted by Gasteiger charge is -2.22. The van der Waals surface area contributed by atoms with Crippen molar-refractivity contribution in [1.29, 1.82) is 0 Å². The molecule has 24 heavy (non-hydrogen) atoms. The van der Waals surface area contributed by atoms with Crippen molar-refractivity contribution < 1.29 is 17.7 Å². The lowest BCUT2D eigenvalue weighted by atomic mass is 10.2. The van der Waals surface area contributed by atoms with E-state index in [1.54, 1.807) is 24.3 Å². The van der Waals surface area contributed by atoms with Gasteiger partial charge < -0.3 is 9.26 Å². The molecule has 1 aliphatic heterocycles. The van der Waals surface area contributed by atoms with E-state index in [9.17, 15) is 8.42 Å². The summed E-state index contributed by atoms with van der Waals surface area (Å²) in [4.78, 5) is 4.61. The number of nitrogens with zero attached hydrogens (tertiary/aromatic N) is 3. The maximum absolute atomic E-state index is 13.1. The fourth-order valence-electron chi connectivity index (χ4n) is 3.12. The molecule has 1 unspecified atom stereocenters. The Kier molecular flexibility index (Phi) is 3.80. The molecule has 7 nitrogen and oxygen atoms in total. The topological polar surface area (TPSA) is 85.5 Å². The molecule has 8 heteroatoms. The van der Waals surface area contributed by atoms with E-state index in [4.69, 9.17) is 9.26 Å². The van der Waals surface area contributed by atoms with E-state index in [1.807, 2.05) is 0 Å². The van der Waals surface area contributed by atoms with Crippen molar-refractivity contribution in [2.75, 3.05) is 13.7 Å². The molecule has 128 valence electrons. The fraction of sp³-hybridized carbons (Fsp3) is 0.500. The number of hydrogen-bond donors (Lipinski definition) is 0. The number of rotatable bonds is 5. The molecule has 0 radical (unpaired) electrons. The van der Waals surface area contributed by atoms with Crippen molar-refractivity contribution in [1.82, 2.24) is 14.4 Å². The molecular weight excluding hydrogens is 330 g/mol. The molecule has 1 atom stereocenters. The molecule has 2 aromatic rings. The minimum Gasteiger partial charge on any atom is -0.495 e. The van der Waals surface area contributed by atoms with E-state index < -0.39 is 16.1 Å². The molecule has 4 rings (SSSR count). The normalized spacial score (nSPS) is 22.0. The third kappa shape index (κ3) is 2.59. The maximum Gasteiger partial charge on any atom is 0.247 e. The molecule has 0 spiro atoms. The third-order valence-electron chi connectivity index (χ3n) is 4.54. The number of hydrogen-bond acceptors (Lipinski definition) is 6. The zero-order valence-electron chi connectivity index (χ0n) is 13.4. The monoisotopic (exact) mass is 349 g/mol. The Balaban J connectivity index is 1.68. The molecule has 2 aliphatic rings. The number of methoxy groups -OCH3 is 1. The molecule has 2 heterocycles. The number of benzene rings is 1. The molecule has 1 saturated carbocycles. The largest absolute Gasteiger partial charge is 0.495 e.